The molecule has 0 aromatic carbocycles. The Kier molecular flexibility index (Phi) is 15.2. The van der Waals surface area contributed by atoms with Gasteiger partial charge in [0, 0.05) is 19.0 Å². The Bertz CT molecular complexity index is 551. The first kappa shape index (κ1) is 26.5. The van der Waals surface area contributed by atoms with Crippen molar-refractivity contribution in [2.24, 2.45) is 0 Å². The predicted octanol–water partition coefficient (Wildman–Crippen LogP) is 2.34. The van der Waals surface area contributed by atoms with Crippen LogP contribution in [-0.4, -0.2) is 72.7 Å². The van der Waals surface area contributed by atoms with Gasteiger partial charge in [-0.15, -0.1) is 5.10 Å². The molecule has 1 rings (SSSR count). The number of nitrogens with zero attached hydrogens (tertiary/aromatic N) is 3. The average molecular weight is 429 g/mol. The van der Waals surface area contributed by atoms with Gasteiger partial charge in [0.2, 0.25) is 5.91 Å². The van der Waals surface area contributed by atoms with Crippen LogP contribution in [0.2, 0.25) is 0 Å². The van der Waals surface area contributed by atoms with Crippen LogP contribution in [0.1, 0.15) is 59.1 Å². The van der Waals surface area contributed by atoms with Crippen LogP contribution in [0.3, 0.4) is 0 Å². The second-order valence-electron chi connectivity index (χ2n) is 7.70. The molecule has 0 saturated heterocycles. The number of amides is 1. The molecule has 0 bridgehead atoms. The Morgan fingerprint density at radius 1 is 0.967 bits per heavy atom. The molecule has 0 fully saturated rings. The molecule has 0 spiro atoms. The van der Waals surface area contributed by atoms with Crippen LogP contribution < -0.4 is 5.32 Å². The first-order valence-corrected chi connectivity index (χ1v) is 11.0. The monoisotopic (exact) mass is 428 g/mol. The van der Waals surface area contributed by atoms with E-state index in [0.29, 0.717) is 52.7 Å². The van der Waals surface area contributed by atoms with Crippen LogP contribution in [0.5, 0.6) is 0 Å². The highest BCUT2D eigenvalue weighted by Gasteiger charge is 2.04. The summed E-state index contributed by atoms with van der Waals surface area (Å²) in [5.41, 5.74) is 0.805. The Balaban J connectivity index is 1.93. The molecule has 9 nitrogen and oxygen atoms in total. The standard InChI is InChI=1S/C21H40N4O5/c1-18(2)22-21(26)8-6-5-7-9-25-16-20(23-24-25)17-29-13-12-27-10-11-28-14-15-30-19(3)4/h16,18-19H,5-15,17H2,1-4H3,(H,22,26). The van der Waals surface area contributed by atoms with E-state index in [0.717, 1.165) is 31.5 Å². The lowest BCUT2D eigenvalue weighted by Crippen LogP contribution is -2.29. The molecule has 0 radical (unpaired) electrons. The first-order chi connectivity index (χ1) is 14.5. The van der Waals surface area contributed by atoms with Crippen molar-refractivity contribution in [2.45, 2.75) is 78.7 Å². The highest BCUT2D eigenvalue weighted by Crippen LogP contribution is 2.03. The normalized spacial score (nSPS) is 11.5. The van der Waals surface area contributed by atoms with Crippen molar-refractivity contribution in [1.82, 2.24) is 20.3 Å². The minimum absolute atomic E-state index is 0.123. The minimum Gasteiger partial charge on any atom is -0.377 e. The molecule has 1 N–H and O–H groups in total. The van der Waals surface area contributed by atoms with E-state index in [4.69, 9.17) is 18.9 Å². The van der Waals surface area contributed by atoms with E-state index in [1.54, 1.807) is 0 Å². The molecule has 9 heteroatoms. The maximum atomic E-state index is 11.6. The first-order valence-electron chi connectivity index (χ1n) is 11.0. The summed E-state index contributed by atoms with van der Waals surface area (Å²) in [4.78, 5) is 11.6. The van der Waals surface area contributed by atoms with Crippen molar-refractivity contribution in [2.75, 3.05) is 39.6 Å². The van der Waals surface area contributed by atoms with E-state index < -0.39 is 0 Å². The van der Waals surface area contributed by atoms with Crippen LogP contribution in [0.25, 0.3) is 0 Å². The molecule has 1 aromatic heterocycles. The van der Waals surface area contributed by atoms with E-state index in [-0.39, 0.29) is 18.1 Å². The lowest BCUT2D eigenvalue weighted by Gasteiger charge is -2.08. The lowest BCUT2D eigenvalue weighted by molar-refractivity contribution is -0.121. The van der Waals surface area contributed by atoms with Gasteiger partial charge in [0.05, 0.1) is 58.5 Å². The highest BCUT2D eigenvalue weighted by atomic mass is 16.6. The SMILES string of the molecule is CC(C)NC(=O)CCCCCn1cc(COCCOCCOCCOC(C)C)nn1. The third-order valence-electron chi connectivity index (χ3n) is 4.00. The van der Waals surface area contributed by atoms with Gasteiger partial charge in [0.15, 0.2) is 0 Å². The molecule has 0 aliphatic heterocycles. The summed E-state index contributed by atoms with van der Waals surface area (Å²) in [5, 5.41) is 11.1. The summed E-state index contributed by atoms with van der Waals surface area (Å²) in [6.07, 6.45) is 5.56. The smallest absolute Gasteiger partial charge is 0.220 e. The summed E-state index contributed by atoms with van der Waals surface area (Å²) in [6, 6.07) is 0.203. The minimum atomic E-state index is 0.123. The van der Waals surface area contributed by atoms with Gasteiger partial charge < -0.3 is 24.3 Å². The van der Waals surface area contributed by atoms with Crippen molar-refractivity contribution in [3.63, 3.8) is 0 Å². The average Bonchev–Trinajstić information content (AvgIpc) is 3.12. The largest absolute Gasteiger partial charge is 0.377 e. The van der Waals surface area contributed by atoms with E-state index in [1.807, 2.05) is 38.6 Å². The number of hydrogen-bond donors (Lipinski definition) is 1. The Hall–Kier alpha value is -1.55. The van der Waals surface area contributed by atoms with Gasteiger partial charge in [-0.05, 0) is 40.5 Å². The number of nitrogens with one attached hydrogen (secondary N) is 1. The molecule has 0 aliphatic carbocycles. The molecular formula is C21H40N4O5. The van der Waals surface area contributed by atoms with Crippen LogP contribution >= 0.6 is 0 Å². The number of carbonyl (C=O) groups is 1. The number of rotatable bonds is 19. The number of aryl methyl sites for hydroxylation is 1. The van der Waals surface area contributed by atoms with E-state index >= 15 is 0 Å². The molecule has 30 heavy (non-hydrogen) atoms. The maximum Gasteiger partial charge on any atom is 0.220 e. The van der Waals surface area contributed by atoms with Crippen molar-refractivity contribution in [1.29, 1.82) is 0 Å². The summed E-state index contributed by atoms with van der Waals surface area (Å²) in [7, 11) is 0. The Morgan fingerprint density at radius 3 is 2.30 bits per heavy atom. The fourth-order valence-corrected chi connectivity index (χ4v) is 2.60. The predicted molar refractivity (Wildman–Crippen MR) is 114 cm³/mol. The van der Waals surface area contributed by atoms with Gasteiger partial charge >= 0.3 is 0 Å². The van der Waals surface area contributed by atoms with E-state index in [2.05, 4.69) is 15.6 Å². The van der Waals surface area contributed by atoms with Gasteiger partial charge in [-0.1, -0.05) is 11.6 Å². The molecule has 0 atom stereocenters. The zero-order valence-electron chi connectivity index (χ0n) is 19.1. The molecule has 0 saturated carbocycles. The summed E-state index contributed by atoms with van der Waals surface area (Å²) < 4.78 is 23.6. The number of hydrogen-bond acceptors (Lipinski definition) is 7. The second kappa shape index (κ2) is 17.2. The van der Waals surface area contributed by atoms with Gasteiger partial charge in [0.1, 0.15) is 5.69 Å². The number of carbonyl (C=O) groups excluding carboxylic acids is 1. The van der Waals surface area contributed by atoms with Crippen molar-refractivity contribution in [3.05, 3.63) is 11.9 Å². The number of ether oxygens (including phenoxy) is 4. The van der Waals surface area contributed by atoms with Crippen LogP contribution in [-0.2, 0) is 36.9 Å². The fourth-order valence-electron chi connectivity index (χ4n) is 2.60. The zero-order valence-corrected chi connectivity index (χ0v) is 19.1. The number of unbranched alkanes of at least 4 members (excludes halogenated alkanes) is 2. The van der Waals surface area contributed by atoms with E-state index in [9.17, 15) is 4.79 Å². The van der Waals surface area contributed by atoms with Gasteiger partial charge in [-0.3, -0.25) is 9.48 Å². The quantitative estimate of drug-likeness (QED) is 0.338. The number of aromatic nitrogens is 3. The zero-order chi connectivity index (χ0) is 22.0. The van der Waals surface area contributed by atoms with Crippen molar-refractivity contribution < 1.29 is 23.7 Å². The van der Waals surface area contributed by atoms with Gasteiger partial charge in [-0.25, -0.2) is 0 Å². The molecule has 0 unspecified atom stereocenters. The van der Waals surface area contributed by atoms with Crippen LogP contribution in [0, 0.1) is 0 Å². The molecule has 1 heterocycles. The van der Waals surface area contributed by atoms with Crippen molar-refractivity contribution >= 4 is 5.91 Å². The van der Waals surface area contributed by atoms with Gasteiger partial charge in [0.25, 0.3) is 0 Å². The lowest BCUT2D eigenvalue weighted by atomic mass is 10.2. The van der Waals surface area contributed by atoms with Crippen molar-refractivity contribution in [3.8, 4) is 0 Å². The molecule has 1 amide bonds. The molecular weight excluding hydrogens is 388 g/mol. The maximum absolute atomic E-state index is 11.6. The fraction of sp³-hybridized carbons (Fsp3) is 0.857. The third-order valence-corrected chi connectivity index (χ3v) is 4.00. The molecule has 174 valence electrons. The van der Waals surface area contributed by atoms with Crippen LogP contribution in [0.15, 0.2) is 6.20 Å². The van der Waals surface area contributed by atoms with Crippen LogP contribution in [0.4, 0.5) is 0 Å². The summed E-state index contributed by atoms with van der Waals surface area (Å²) in [6.45, 7) is 12.5. The Labute approximate surface area is 180 Å². The molecule has 0 aliphatic rings. The Morgan fingerprint density at radius 2 is 1.63 bits per heavy atom. The molecule has 1 aromatic rings. The van der Waals surface area contributed by atoms with Gasteiger partial charge in [-0.2, -0.15) is 0 Å². The summed E-state index contributed by atoms with van der Waals surface area (Å²) in [5.74, 6) is 0.123. The topological polar surface area (TPSA) is 96.7 Å². The summed E-state index contributed by atoms with van der Waals surface area (Å²) >= 11 is 0. The third kappa shape index (κ3) is 15.3. The van der Waals surface area contributed by atoms with E-state index in [1.165, 1.54) is 0 Å². The highest BCUT2D eigenvalue weighted by molar-refractivity contribution is 5.76. The second-order valence-corrected chi connectivity index (χ2v) is 7.70.